The zero-order chi connectivity index (χ0) is 18.7. The first-order valence-corrected chi connectivity index (χ1v) is 9.08. The summed E-state index contributed by atoms with van der Waals surface area (Å²) in [6.07, 6.45) is 1.95. The van der Waals surface area contributed by atoms with E-state index in [1.165, 1.54) is 0 Å². The van der Waals surface area contributed by atoms with Crippen molar-refractivity contribution in [1.29, 1.82) is 0 Å². The second kappa shape index (κ2) is 7.55. The Labute approximate surface area is 159 Å². The Hall–Kier alpha value is -2.26. The van der Waals surface area contributed by atoms with Crippen LogP contribution in [0, 0.1) is 17.3 Å². The van der Waals surface area contributed by atoms with Gasteiger partial charge < -0.3 is 9.47 Å². The van der Waals surface area contributed by atoms with Gasteiger partial charge in [-0.2, -0.15) is 0 Å². The fraction of sp³-hybridized carbons (Fsp3) is 0.318. The molecule has 4 heteroatoms. The summed E-state index contributed by atoms with van der Waals surface area (Å²) >= 11 is 5.96. The molecule has 2 unspecified atom stereocenters. The molecular formula is C22H23ClO3. The summed E-state index contributed by atoms with van der Waals surface area (Å²) in [5, 5.41) is 0.712. The van der Waals surface area contributed by atoms with Crippen molar-refractivity contribution >= 4 is 17.6 Å². The molecule has 0 heterocycles. The van der Waals surface area contributed by atoms with E-state index >= 15 is 0 Å². The molecular weight excluding hydrogens is 348 g/mol. The maximum atomic E-state index is 12.4. The third-order valence-electron chi connectivity index (χ3n) is 4.83. The average molecular weight is 371 g/mol. The van der Waals surface area contributed by atoms with Gasteiger partial charge in [0.15, 0.2) is 0 Å². The van der Waals surface area contributed by atoms with E-state index in [1.807, 2.05) is 67.6 Å². The number of ether oxygens (including phenoxy) is 2. The Balaban J connectivity index is 1.59. The minimum Gasteiger partial charge on any atom is -0.461 e. The molecule has 3 nitrogen and oxygen atoms in total. The van der Waals surface area contributed by atoms with Crippen molar-refractivity contribution in [2.24, 2.45) is 17.3 Å². The Bertz CT molecular complexity index is 807. The van der Waals surface area contributed by atoms with E-state index in [9.17, 15) is 4.79 Å². The van der Waals surface area contributed by atoms with E-state index in [4.69, 9.17) is 21.1 Å². The number of allylic oxidation sites excluding steroid dienone is 2. The van der Waals surface area contributed by atoms with E-state index in [1.54, 1.807) is 0 Å². The zero-order valence-corrected chi connectivity index (χ0v) is 16.0. The number of rotatable bonds is 6. The molecule has 26 heavy (non-hydrogen) atoms. The fourth-order valence-corrected chi connectivity index (χ4v) is 3.39. The van der Waals surface area contributed by atoms with Gasteiger partial charge in [-0.3, -0.25) is 4.79 Å². The normalized spacial score (nSPS) is 21.2. The highest BCUT2D eigenvalue weighted by Crippen LogP contribution is 2.60. The second-order valence-corrected chi connectivity index (χ2v) is 7.84. The third kappa shape index (κ3) is 4.28. The smallest absolute Gasteiger partial charge is 0.310 e. The average Bonchev–Trinajstić information content (AvgIpc) is 3.13. The van der Waals surface area contributed by atoms with Crippen LogP contribution >= 0.6 is 11.6 Å². The van der Waals surface area contributed by atoms with Gasteiger partial charge in [0, 0.05) is 5.03 Å². The van der Waals surface area contributed by atoms with Crippen LogP contribution in [0.3, 0.4) is 0 Å². The van der Waals surface area contributed by atoms with Crippen molar-refractivity contribution in [2.45, 2.75) is 27.4 Å². The topological polar surface area (TPSA) is 35.5 Å². The molecule has 0 saturated heterocycles. The number of benzene rings is 2. The number of halogens is 1. The van der Waals surface area contributed by atoms with Crippen molar-refractivity contribution in [2.75, 3.05) is 0 Å². The highest BCUT2D eigenvalue weighted by molar-refractivity contribution is 6.29. The van der Waals surface area contributed by atoms with Crippen LogP contribution in [0.1, 0.15) is 26.3 Å². The molecule has 0 aliphatic heterocycles. The molecule has 2 atom stereocenters. The second-order valence-electron chi connectivity index (χ2n) is 7.25. The van der Waals surface area contributed by atoms with Crippen LogP contribution in [0.4, 0.5) is 0 Å². The quantitative estimate of drug-likeness (QED) is 0.590. The maximum Gasteiger partial charge on any atom is 0.310 e. The maximum absolute atomic E-state index is 12.4. The summed E-state index contributed by atoms with van der Waals surface area (Å²) in [4.78, 5) is 12.4. The lowest BCUT2D eigenvalue weighted by Crippen LogP contribution is -2.10. The lowest BCUT2D eigenvalue weighted by Gasteiger charge is -2.09. The van der Waals surface area contributed by atoms with Crippen LogP contribution in [0.5, 0.6) is 11.5 Å². The molecule has 0 radical (unpaired) electrons. The van der Waals surface area contributed by atoms with Gasteiger partial charge in [-0.25, -0.2) is 0 Å². The van der Waals surface area contributed by atoms with E-state index in [2.05, 4.69) is 13.8 Å². The molecule has 1 fully saturated rings. The minimum absolute atomic E-state index is 0.106. The summed E-state index contributed by atoms with van der Waals surface area (Å²) in [6, 6.07) is 17.2. The SMILES string of the molecule is C/C(Cl)=C/C1C(C(=O)OCc2cccc(Oc3ccccc3)c2)C1(C)C. The lowest BCUT2D eigenvalue weighted by molar-refractivity contribution is -0.147. The van der Waals surface area contributed by atoms with Gasteiger partial charge in [-0.15, -0.1) is 0 Å². The standard InChI is InChI=1S/C22H23ClO3/c1-15(23)12-19-20(22(19,2)3)21(24)25-14-16-8-7-11-18(13-16)26-17-9-5-4-6-10-17/h4-13,19-20H,14H2,1-3H3/b15-12-. The molecule has 0 N–H and O–H groups in total. The third-order valence-corrected chi connectivity index (χ3v) is 4.96. The van der Waals surface area contributed by atoms with Crippen LogP contribution in [-0.2, 0) is 16.1 Å². The van der Waals surface area contributed by atoms with Gasteiger partial charge in [0.1, 0.15) is 18.1 Å². The zero-order valence-electron chi connectivity index (χ0n) is 15.2. The van der Waals surface area contributed by atoms with Crippen molar-refractivity contribution in [1.82, 2.24) is 0 Å². The van der Waals surface area contributed by atoms with Crippen LogP contribution in [0.15, 0.2) is 65.7 Å². The summed E-state index contributed by atoms with van der Waals surface area (Å²) in [6.45, 7) is 6.19. The van der Waals surface area contributed by atoms with Crippen LogP contribution in [0.25, 0.3) is 0 Å². The van der Waals surface area contributed by atoms with E-state index in [0.717, 1.165) is 17.1 Å². The number of hydrogen-bond acceptors (Lipinski definition) is 3. The summed E-state index contributed by atoms with van der Waals surface area (Å²) in [7, 11) is 0. The molecule has 2 aromatic carbocycles. The predicted octanol–water partition coefficient (Wildman–Crippen LogP) is 5.94. The van der Waals surface area contributed by atoms with Crippen LogP contribution < -0.4 is 4.74 Å². The fourth-order valence-electron chi connectivity index (χ4n) is 3.25. The number of carbonyl (C=O) groups is 1. The monoisotopic (exact) mass is 370 g/mol. The largest absolute Gasteiger partial charge is 0.461 e. The Morgan fingerprint density at radius 3 is 2.50 bits per heavy atom. The highest BCUT2D eigenvalue weighted by Gasteiger charge is 2.61. The molecule has 0 amide bonds. The van der Waals surface area contributed by atoms with Gasteiger partial charge in [0.2, 0.25) is 0 Å². The first-order chi connectivity index (χ1) is 12.4. The molecule has 3 rings (SSSR count). The summed E-state index contributed by atoms with van der Waals surface area (Å²) in [5.74, 6) is 1.31. The highest BCUT2D eigenvalue weighted by atomic mass is 35.5. The van der Waals surface area contributed by atoms with Crippen LogP contribution in [-0.4, -0.2) is 5.97 Å². The Kier molecular flexibility index (Phi) is 5.38. The van der Waals surface area contributed by atoms with Crippen molar-refractivity contribution in [3.05, 3.63) is 71.3 Å². The summed E-state index contributed by atoms with van der Waals surface area (Å²) < 4.78 is 11.4. The minimum atomic E-state index is -0.177. The van der Waals surface area contributed by atoms with E-state index in [-0.39, 0.29) is 29.8 Å². The molecule has 136 valence electrons. The van der Waals surface area contributed by atoms with E-state index in [0.29, 0.717) is 5.03 Å². The number of para-hydroxylation sites is 1. The molecule has 0 aromatic heterocycles. The van der Waals surface area contributed by atoms with Crippen molar-refractivity contribution < 1.29 is 14.3 Å². The van der Waals surface area contributed by atoms with Crippen molar-refractivity contribution in [3.8, 4) is 11.5 Å². The summed E-state index contributed by atoms with van der Waals surface area (Å²) in [5.41, 5.74) is 0.789. The Morgan fingerprint density at radius 1 is 1.12 bits per heavy atom. The molecule has 0 spiro atoms. The van der Waals surface area contributed by atoms with Gasteiger partial charge in [-0.05, 0) is 48.1 Å². The lowest BCUT2D eigenvalue weighted by atomic mass is 10.1. The van der Waals surface area contributed by atoms with E-state index < -0.39 is 0 Å². The van der Waals surface area contributed by atoms with Gasteiger partial charge in [0.25, 0.3) is 0 Å². The molecule has 1 aliphatic rings. The first-order valence-electron chi connectivity index (χ1n) is 8.70. The molecule has 2 aromatic rings. The first kappa shape index (κ1) is 18.5. The number of hydrogen-bond donors (Lipinski definition) is 0. The molecule has 1 aliphatic carbocycles. The van der Waals surface area contributed by atoms with Crippen LogP contribution in [0.2, 0.25) is 0 Å². The molecule has 0 bridgehead atoms. The van der Waals surface area contributed by atoms with Gasteiger partial charge >= 0.3 is 5.97 Å². The Morgan fingerprint density at radius 2 is 1.81 bits per heavy atom. The van der Waals surface area contributed by atoms with Gasteiger partial charge in [0.05, 0.1) is 5.92 Å². The number of esters is 1. The predicted molar refractivity (Wildman–Crippen MR) is 103 cm³/mol. The van der Waals surface area contributed by atoms with Crippen molar-refractivity contribution in [3.63, 3.8) is 0 Å². The molecule has 1 saturated carbocycles. The van der Waals surface area contributed by atoms with Gasteiger partial charge in [-0.1, -0.05) is 61.9 Å². The number of carbonyl (C=O) groups excluding carboxylic acids is 1.